The number of guanidine groups is 2. The Labute approximate surface area is 155 Å². The molecule has 0 aromatic heterocycles. The molecule has 0 aromatic carbocycles. The number of aliphatic imine (C=N–C) groups is 2. The molecule has 2 aliphatic heterocycles. The monoisotopic (exact) mass is 508 g/mol. The van der Waals surface area contributed by atoms with Crippen LogP contribution in [0.15, 0.2) is 9.98 Å². The summed E-state index contributed by atoms with van der Waals surface area (Å²) < 4.78 is 0. The van der Waals surface area contributed by atoms with Crippen molar-refractivity contribution < 1.29 is 0 Å². The van der Waals surface area contributed by atoms with Crippen molar-refractivity contribution in [3.63, 3.8) is 0 Å². The van der Waals surface area contributed by atoms with Gasteiger partial charge in [-0.3, -0.25) is 9.98 Å². The van der Waals surface area contributed by atoms with Crippen LogP contribution in [-0.4, -0.2) is 51.2 Å². The number of hydrogen-bond donors (Lipinski definition) is 4. The summed E-state index contributed by atoms with van der Waals surface area (Å²) in [5, 5.41) is 13.0. The van der Waals surface area contributed by atoms with Gasteiger partial charge in [0.25, 0.3) is 0 Å². The first-order valence-electron chi connectivity index (χ1n) is 6.99. The number of unbranched alkanes of at least 4 members (excludes halogenated alkanes) is 3. The molecular formula is C12H26I2N6. The fourth-order valence-electron chi connectivity index (χ4n) is 2.05. The minimum Gasteiger partial charge on any atom is -0.356 e. The highest BCUT2D eigenvalue weighted by molar-refractivity contribution is 14.0. The van der Waals surface area contributed by atoms with Gasteiger partial charge in [0, 0.05) is 26.2 Å². The second kappa shape index (κ2) is 12.7. The van der Waals surface area contributed by atoms with Crippen molar-refractivity contribution in [2.75, 3.05) is 39.3 Å². The lowest BCUT2D eigenvalue weighted by atomic mass is 10.2. The average molecular weight is 508 g/mol. The predicted molar refractivity (Wildman–Crippen MR) is 106 cm³/mol. The average Bonchev–Trinajstić information content (AvgIpc) is 3.05. The molecule has 0 spiro atoms. The smallest absolute Gasteiger partial charge is 0.191 e. The van der Waals surface area contributed by atoms with Gasteiger partial charge in [0.15, 0.2) is 11.9 Å². The van der Waals surface area contributed by atoms with E-state index >= 15 is 0 Å². The van der Waals surface area contributed by atoms with E-state index in [1.807, 2.05) is 0 Å². The van der Waals surface area contributed by atoms with Crippen LogP contribution in [0.3, 0.4) is 0 Å². The molecule has 2 rings (SSSR count). The lowest BCUT2D eigenvalue weighted by Gasteiger charge is -2.07. The maximum Gasteiger partial charge on any atom is 0.191 e. The normalized spacial score (nSPS) is 16.0. The fraction of sp³-hybridized carbons (Fsp3) is 0.833. The van der Waals surface area contributed by atoms with Crippen LogP contribution in [0.5, 0.6) is 0 Å². The van der Waals surface area contributed by atoms with E-state index in [9.17, 15) is 0 Å². The molecule has 0 aliphatic carbocycles. The summed E-state index contributed by atoms with van der Waals surface area (Å²) in [6.45, 7) is 5.82. The van der Waals surface area contributed by atoms with Crippen LogP contribution >= 0.6 is 48.0 Å². The highest BCUT2D eigenvalue weighted by atomic mass is 127. The summed E-state index contributed by atoms with van der Waals surface area (Å²) in [6.07, 6.45) is 4.95. The van der Waals surface area contributed by atoms with Gasteiger partial charge in [-0.1, -0.05) is 12.8 Å². The summed E-state index contributed by atoms with van der Waals surface area (Å²) in [7, 11) is 0. The van der Waals surface area contributed by atoms with Gasteiger partial charge in [0.05, 0.1) is 13.1 Å². The minimum atomic E-state index is 0. The Hall–Kier alpha value is 0. The first-order chi connectivity index (χ1) is 8.95. The minimum absolute atomic E-state index is 0. The van der Waals surface area contributed by atoms with Gasteiger partial charge in [0.2, 0.25) is 0 Å². The van der Waals surface area contributed by atoms with Crippen LogP contribution in [0.2, 0.25) is 0 Å². The molecule has 6 nitrogen and oxygen atoms in total. The van der Waals surface area contributed by atoms with Gasteiger partial charge in [-0.2, -0.15) is 0 Å². The molecule has 118 valence electrons. The maximum absolute atomic E-state index is 4.29. The van der Waals surface area contributed by atoms with Crippen molar-refractivity contribution >= 4 is 59.9 Å². The van der Waals surface area contributed by atoms with E-state index in [2.05, 4.69) is 31.3 Å². The lowest BCUT2D eigenvalue weighted by Crippen LogP contribution is -2.34. The summed E-state index contributed by atoms with van der Waals surface area (Å²) in [5.74, 6) is 1.95. The molecular weight excluding hydrogens is 482 g/mol. The maximum atomic E-state index is 4.29. The highest BCUT2D eigenvalue weighted by Crippen LogP contribution is 1.98. The molecule has 0 unspecified atom stereocenters. The summed E-state index contributed by atoms with van der Waals surface area (Å²) in [6, 6.07) is 0. The van der Waals surface area contributed by atoms with Gasteiger partial charge in [-0.15, -0.1) is 48.0 Å². The van der Waals surface area contributed by atoms with Crippen molar-refractivity contribution in [3.05, 3.63) is 0 Å². The molecule has 4 N–H and O–H groups in total. The largest absolute Gasteiger partial charge is 0.356 e. The van der Waals surface area contributed by atoms with Crippen LogP contribution < -0.4 is 21.3 Å². The summed E-state index contributed by atoms with van der Waals surface area (Å²) in [4.78, 5) is 8.58. The van der Waals surface area contributed by atoms with Crippen molar-refractivity contribution in [2.45, 2.75) is 25.7 Å². The van der Waals surface area contributed by atoms with Crippen molar-refractivity contribution in [1.29, 1.82) is 0 Å². The first-order valence-corrected chi connectivity index (χ1v) is 6.99. The third kappa shape index (κ3) is 8.32. The van der Waals surface area contributed by atoms with Gasteiger partial charge in [-0.25, -0.2) is 0 Å². The van der Waals surface area contributed by atoms with E-state index < -0.39 is 0 Å². The predicted octanol–water partition coefficient (Wildman–Crippen LogP) is 0.880. The lowest BCUT2D eigenvalue weighted by molar-refractivity contribution is 0.620. The molecule has 0 saturated heterocycles. The van der Waals surface area contributed by atoms with Gasteiger partial charge in [0.1, 0.15) is 0 Å². The Balaban J connectivity index is 0.00000180. The molecule has 0 bridgehead atoms. The third-order valence-corrected chi connectivity index (χ3v) is 3.04. The van der Waals surface area contributed by atoms with Crippen molar-refractivity contribution in [1.82, 2.24) is 21.3 Å². The van der Waals surface area contributed by atoms with Crippen LogP contribution in [-0.2, 0) is 0 Å². The number of halogens is 2. The Bertz CT molecular complexity index is 278. The standard InChI is InChI=1S/C12H24N6.2HI/c1(3-5-13-11-15-7-8-16-11)2-4-6-14-12-17-9-10-18-12;;/h1-10H2,(H2,13,15,16)(H2,14,17,18);2*1H. The molecule has 0 aromatic rings. The van der Waals surface area contributed by atoms with Crippen LogP contribution in [0.1, 0.15) is 25.7 Å². The Kier molecular flexibility index (Phi) is 12.7. The number of rotatable bonds is 7. The number of nitrogens with zero attached hydrogens (tertiary/aromatic N) is 2. The van der Waals surface area contributed by atoms with Gasteiger partial charge >= 0.3 is 0 Å². The molecule has 0 fully saturated rings. The van der Waals surface area contributed by atoms with E-state index in [-0.39, 0.29) is 48.0 Å². The summed E-state index contributed by atoms with van der Waals surface area (Å²) in [5.41, 5.74) is 0. The quantitative estimate of drug-likeness (QED) is 0.305. The molecule has 2 aliphatic rings. The van der Waals surface area contributed by atoms with E-state index in [1.165, 1.54) is 25.7 Å². The highest BCUT2D eigenvalue weighted by Gasteiger charge is 2.03. The first kappa shape index (κ1) is 20.0. The zero-order chi connectivity index (χ0) is 12.5. The zero-order valence-corrected chi connectivity index (χ0v) is 16.4. The SMILES string of the molecule is C(CCCNC1=NCCN1)CCNC1=NCCN1.I.I. The van der Waals surface area contributed by atoms with Gasteiger partial charge < -0.3 is 21.3 Å². The molecule has 0 atom stereocenters. The number of nitrogens with one attached hydrogen (secondary N) is 4. The van der Waals surface area contributed by atoms with Crippen molar-refractivity contribution in [2.24, 2.45) is 9.98 Å². The molecule has 2 heterocycles. The van der Waals surface area contributed by atoms with Gasteiger partial charge in [-0.05, 0) is 12.8 Å². The topological polar surface area (TPSA) is 72.8 Å². The molecule has 0 amide bonds. The van der Waals surface area contributed by atoms with E-state index in [0.717, 1.165) is 51.2 Å². The van der Waals surface area contributed by atoms with Crippen LogP contribution in [0.4, 0.5) is 0 Å². The molecule has 0 saturated carbocycles. The van der Waals surface area contributed by atoms with E-state index in [4.69, 9.17) is 0 Å². The second-order valence-corrected chi connectivity index (χ2v) is 4.58. The summed E-state index contributed by atoms with van der Waals surface area (Å²) >= 11 is 0. The molecule has 8 heteroatoms. The van der Waals surface area contributed by atoms with Crippen molar-refractivity contribution in [3.8, 4) is 0 Å². The molecule has 0 radical (unpaired) electrons. The van der Waals surface area contributed by atoms with Crippen LogP contribution in [0, 0.1) is 0 Å². The molecule has 20 heavy (non-hydrogen) atoms. The second-order valence-electron chi connectivity index (χ2n) is 4.58. The van der Waals surface area contributed by atoms with Crippen LogP contribution in [0.25, 0.3) is 0 Å². The number of hydrogen-bond acceptors (Lipinski definition) is 6. The third-order valence-electron chi connectivity index (χ3n) is 3.04. The fourth-order valence-corrected chi connectivity index (χ4v) is 2.05. The zero-order valence-electron chi connectivity index (χ0n) is 11.8. The van der Waals surface area contributed by atoms with E-state index in [1.54, 1.807) is 0 Å². The Morgan fingerprint density at radius 1 is 0.750 bits per heavy atom. The Morgan fingerprint density at radius 2 is 1.20 bits per heavy atom. The Morgan fingerprint density at radius 3 is 1.55 bits per heavy atom. The van der Waals surface area contributed by atoms with E-state index in [0.29, 0.717) is 0 Å².